The smallest absolute Gasteiger partial charge is 0.293 e. The normalized spacial score (nSPS) is 23.3. The minimum absolute atomic E-state index is 0.108. The van der Waals surface area contributed by atoms with E-state index in [1.807, 2.05) is 4.90 Å². The van der Waals surface area contributed by atoms with Gasteiger partial charge in [0.15, 0.2) is 0 Å². The van der Waals surface area contributed by atoms with Crippen molar-refractivity contribution in [2.45, 2.75) is 44.8 Å². The first-order valence-corrected chi connectivity index (χ1v) is 9.13. The monoisotopic (exact) mass is 362 g/mol. The second-order valence-electron chi connectivity index (χ2n) is 7.38. The van der Waals surface area contributed by atoms with E-state index in [0.717, 1.165) is 25.7 Å². The van der Waals surface area contributed by atoms with Crippen LogP contribution in [-0.4, -0.2) is 48.2 Å². The van der Waals surface area contributed by atoms with Crippen LogP contribution in [0.25, 0.3) is 0 Å². The van der Waals surface area contributed by atoms with Crippen LogP contribution in [0, 0.1) is 16.0 Å². The number of nitrogens with one attached hydrogen (secondary N) is 2. The minimum atomic E-state index is -0.486. The van der Waals surface area contributed by atoms with Crippen LogP contribution in [0.2, 0.25) is 0 Å². The van der Waals surface area contributed by atoms with Crippen LogP contribution in [0.4, 0.5) is 17.1 Å². The summed E-state index contributed by atoms with van der Waals surface area (Å²) in [5.74, 6) is 0.393. The summed E-state index contributed by atoms with van der Waals surface area (Å²) in [4.78, 5) is 25.6. The number of amides is 1. The molecule has 0 bridgehead atoms. The molecule has 1 saturated heterocycles. The summed E-state index contributed by atoms with van der Waals surface area (Å²) in [5, 5.41) is 26.8. The van der Waals surface area contributed by atoms with E-state index < -0.39 is 11.0 Å². The molecule has 1 saturated carbocycles. The van der Waals surface area contributed by atoms with Gasteiger partial charge >= 0.3 is 0 Å². The molecule has 142 valence electrons. The number of rotatable bonds is 5. The molecule has 0 atom stereocenters. The summed E-state index contributed by atoms with van der Waals surface area (Å²) in [7, 11) is 1.61. The molecule has 26 heavy (non-hydrogen) atoms. The molecule has 3 rings (SSSR count). The lowest BCUT2D eigenvalue weighted by Gasteiger charge is -2.39. The third kappa shape index (κ3) is 3.75. The van der Waals surface area contributed by atoms with Gasteiger partial charge in [-0.3, -0.25) is 14.9 Å². The molecule has 1 aromatic carbocycles. The van der Waals surface area contributed by atoms with Crippen molar-refractivity contribution in [2.24, 2.45) is 5.92 Å². The number of carbonyl (C=O) groups excluding carboxylic acids is 1. The molecule has 0 spiro atoms. The quantitative estimate of drug-likeness (QED) is 0.547. The standard InChI is InChI=1S/C18H26N4O4/c1-11-3-5-12(6-4-11)20-18(24)14-7-17(22(25)26)15(19-2)8-16(14)21-9-13(23)10-21/h7-8,11-13,19,23H,3-6,9-10H2,1-2H3,(H,20,24)/t11-,12-. The van der Waals surface area contributed by atoms with E-state index in [-0.39, 0.29) is 17.6 Å². The second-order valence-corrected chi connectivity index (χ2v) is 7.38. The van der Waals surface area contributed by atoms with E-state index in [0.29, 0.717) is 35.9 Å². The van der Waals surface area contributed by atoms with E-state index >= 15 is 0 Å². The molecule has 2 fully saturated rings. The number of benzene rings is 1. The first-order valence-electron chi connectivity index (χ1n) is 9.13. The molecule has 8 heteroatoms. The van der Waals surface area contributed by atoms with E-state index in [2.05, 4.69) is 17.6 Å². The Balaban J connectivity index is 1.88. The summed E-state index contributed by atoms with van der Waals surface area (Å²) in [6, 6.07) is 3.07. The zero-order valence-corrected chi connectivity index (χ0v) is 15.2. The molecule has 2 aliphatic rings. The van der Waals surface area contributed by atoms with Gasteiger partial charge in [-0.2, -0.15) is 0 Å². The first-order chi connectivity index (χ1) is 12.4. The van der Waals surface area contributed by atoms with Gasteiger partial charge in [0, 0.05) is 32.2 Å². The zero-order chi connectivity index (χ0) is 18.8. The molecule has 0 radical (unpaired) electrons. The van der Waals surface area contributed by atoms with Crippen molar-refractivity contribution in [3.63, 3.8) is 0 Å². The van der Waals surface area contributed by atoms with Gasteiger partial charge in [-0.05, 0) is 37.7 Å². The number of nitro benzene ring substituents is 1. The highest BCUT2D eigenvalue weighted by Crippen LogP contribution is 2.35. The fourth-order valence-corrected chi connectivity index (χ4v) is 3.69. The van der Waals surface area contributed by atoms with Gasteiger partial charge < -0.3 is 20.6 Å². The van der Waals surface area contributed by atoms with Crippen molar-refractivity contribution in [3.05, 3.63) is 27.8 Å². The fraction of sp³-hybridized carbons (Fsp3) is 0.611. The molecule has 0 aromatic heterocycles. The lowest BCUT2D eigenvalue weighted by atomic mass is 9.87. The topological polar surface area (TPSA) is 108 Å². The van der Waals surface area contributed by atoms with Gasteiger partial charge in [0.05, 0.1) is 22.3 Å². The average Bonchev–Trinajstić information content (AvgIpc) is 2.59. The van der Waals surface area contributed by atoms with Gasteiger partial charge in [0.1, 0.15) is 5.69 Å². The number of aliphatic hydroxyl groups excluding tert-OH is 1. The largest absolute Gasteiger partial charge is 0.389 e. The predicted octanol–water partition coefficient (Wildman–Crippen LogP) is 2.13. The van der Waals surface area contributed by atoms with Crippen LogP contribution < -0.4 is 15.5 Å². The number of aliphatic hydroxyl groups is 1. The van der Waals surface area contributed by atoms with E-state index in [9.17, 15) is 20.0 Å². The van der Waals surface area contributed by atoms with Crippen LogP contribution in [-0.2, 0) is 0 Å². The van der Waals surface area contributed by atoms with Gasteiger partial charge in [-0.25, -0.2) is 0 Å². The summed E-state index contributed by atoms with van der Waals surface area (Å²) in [6.45, 7) is 3.05. The number of nitro groups is 1. The Morgan fingerprint density at radius 1 is 1.27 bits per heavy atom. The molecule has 1 aliphatic heterocycles. The molecule has 8 nitrogen and oxygen atoms in total. The maximum absolute atomic E-state index is 12.9. The lowest BCUT2D eigenvalue weighted by molar-refractivity contribution is -0.383. The van der Waals surface area contributed by atoms with Crippen molar-refractivity contribution in [1.29, 1.82) is 0 Å². The lowest BCUT2D eigenvalue weighted by Crippen LogP contribution is -2.51. The van der Waals surface area contributed by atoms with Crippen LogP contribution in [0.1, 0.15) is 43.0 Å². The van der Waals surface area contributed by atoms with Gasteiger partial charge in [-0.15, -0.1) is 0 Å². The molecule has 0 unspecified atom stereocenters. The number of anilines is 2. The Kier molecular flexibility index (Phi) is 5.31. The fourth-order valence-electron chi connectivity index (χ4n) is 3.69. The summed E-state index contributed by atoms with van der Waals surface area (Å²) in [6.07, 6.45) is 3.59. The van der Waals surface area contributed by atoms with Crippen LogP contribution in [0.5, 0.6) is 0 Å². The first kappa shape index (κ1) is 18.4. The predicted molar refractivity (Wildman–Crippen MR) is 99.7 cm³/mol. The highest BCUT2D eigenvalue weighted by Gasteiger charge is 2.31. The summed E-state index contributed by atoms with van der Waals surface area (Å²) >= 11 is 0. The Bertz CT molecular complexity index is 695. The molecule has 1 amide bonds. The molecular weight excluding hydrogens is 336 g/mol. The maximum Gasteiger partial charge on any atom is 0.293 e. The third-order valence-electron chi connectivity index (χ3n) is 5.38. The molecule has 1 aromatic rings. The van der Waals surface area contributed by atoms with Crippen molar-refractivity contribution in [3.8, 4) is 0 Å². The van der Waals surface area contributed by atoms with E-state index in [4.69, 9.17) is 0 Å². The Morgan fingerprint density at radius 2 is 1.92 bits per heavy atom. The molecule has 3 N–H and O–H groups in total. The number of carbonyl (C=O) groups is 1. The van der Waals surface area contributed by atoms with Gasteiger partial charge in [-0.1, -0.05) is 6.92 Å². The maximum atomic E-state index is 12.9. The van der Waals surface area contributed by atoms with Crippen LogP contribution in [0.15, 0.2) is 12.1 Å². The van der Waals surface area contributed by atoms with E-state index in [1.54, 1.807) is 13.1 Å². The Morgan fingerprint density at radius 3 is 2.46 bits per heavy atom. The Hall–Kier alpha value is -2.35. The average molecular weight is 362 g/mol. The van der Waals surface area contributed by atoms with Crippen LogP contribution in [0.3, 0.4) is 0 Å². The second kappa shape index (κ2) is 7.49. The summed E-state index contributed by atoms with van der Waals surface area (Å²) < 4.78 is 0. The van der Waals surface area contributed by atoms with Crippen LogP contribution >= 0.6 is 0 Å². The van der Waals surface area contributed by atoms with Gasteiger partial charge in [0.25, 0.3) is 11.6 Å². The highest BCUT2D eigenvalue weighted by atomic mass is 16.6. The number of hydrogen-bond acceptors (Lipinski definition) is 6. The summed E-state index contributed by atoms with van der Waals surface area (Å²) in [5.41, 5.74) is 1.14. The number of hydrogen-bond donors (Lipinski definition) is 3. The van der Waals surface area contributed by atoms with E-state index in [1.165, 1.54) is 6.07 Å². The number of nitrogens with zero attached hydrogens (tertiary/aromatic N) is 2. The zero-order valence-electron chi connectivity index (χ0n) is 15.2. The van der Waals surface area contributed by atoms with Gasteiger partial charge in [0.2, 0.25) is 0 Å². The SMILES string of the molecule is CNc1cc(N2CC(O)C2)c(C(=O)N[C@H]2CC[C@H](C)CC2)cc1[N+](=O)[O-]. The van der Waals surface area contributed by atoms with Crippen molar-refractivity contribution in [2.75, 3.05) is 30.4 Å². The Labute approximate surface area is 152 Å². The minimum Gasteiger partial charge on any atom is -0.389 e. The van der Waals surface area contributed by atoms with Crippen molar-refractivity contribution < 1.29 is 14.8 Å². The number of β-amino-alcohol motifs (C(OH)–C–C–N with tert-alkyl or cyclic N) is 1. The van der Waals surface area contributed by atoms with Crippen molar-refractivity contribution >= 4 is 23.0 Å². The highest BCUT2D eigenvalue weighted by molar-refractivity contribution is 6.02. The molecule has 1 aliphatic carbocycles. The van der Waals surface area contributed by atoms with Crippen molar-refractivity contribution in [1.82, 2.24) is 5.32 Å². The molecular formula is C18H26N4O4. The molecule has 1 heterocycles. The third-order valence-corrected chi connectivity index (χ3v) is 5.38.